The van der Waals surface area contributed by atoms with Crippen LogP contribution in [0.3, 0.4) is 0 Å². The molecule has 9 heteroatoms. The maximum Gasteiger partial charge on any atom is 0.332 e. The molecule has 0 saturated carbocycles. The largest absolute Gasteiger partial charge is 0.396 e. The van der Waals surface area contributed by atoms with E-state index < -0.39 is 26.7 Å². The molecule has 5 rings (SSSR count). The number of nitrogens with two attached hydrogens (primary N) is 1. The van der Waals surface area contributed by atoms with E-state index in [4.69, 9.17) is 5.73 Å². The molecule has 0 heterocycles. The zero-order valence-corrected chi connectivity index (χ0v) is 18.7. The van der Waals surface area contributed by atoms with Gasteiger partial charge in [-0.2, -0.15) is 8.42 Å². The van der Waals surface area contributed by atoms with Crippen molar-refractivity contribution in [3.8, 4) is 0 Å². The van der Waals surface area contributed by atoms with Crippen molar-refractivity contribution in [3.63, 3.8) is 0 Å². The molecule has 0 amide bonds. The molecule has 0 atom stereocenters. The molecular formula is C26H16F2N2O4S. The molecule has 0 radical (unpaired) electrons. The number of rotatable bonds is 4. The van der Waals surface area contributed by atoms with Gasteiger partial charge in [-0.1, -0.05) is 42.5 Å². The van der Waals surface area contributed by atoms with Crippen molar-refractivity contribution < 1.29 is 26.3 Å². The third kappa shape index (κ3) is 3.66. The maximum atomic E-state index is 15.3. The molecule has 0 unspecified atom stereocenters. The normalized spacial score (nSPS) is 12.7. The Morgan fingerprint density at radius 3 is 1.91 bits per heavy atom. The number of nitrogens with zero attached hydrogens (tertiary/aromatic N) is 1. The molecule has 1 aliphatic carbocycles. The molecule has 2 N–H and O–H groups in total. The smallest absolute Gasteiger partial charge is 0.332 e. The van der Waals surface area contributed by atoms with Crippen LogP contribution in [0, 0.1) is 5.82 Å². The lowest BCUT2D eigenvalue weighted by atomic mass is 9.83. The first-order valence-corrected chi connectivity index (χ1v) is 11.8. The minimum atomic E-state index is -4.96. The number of hydrogen-bond acceptors (Lipinski definition) is 6. The zero-order valence-electron chi connectivity index (χ0n) is 17.9. The highest BCUT2D eigenvalue weighted by Crippen LogP contribution is 2.42. The first-order valence-electron chi connectivity index (χ1n) is 10.4. The van der Waals surface area contributed by atoms with Crippen molar-refractivity contribution in [3.05, 3.63) is 113 Å². The molecule has 4 aromatic carbocycles. The van der Waals surface area contributed by atoms with E-state index >= 15 is 4.39 Å². The van der Waals surface area contributed by atoms with Crippen LogP contribution in [-0.2, 0) is 10.2 Å². The summed E-state index contributed by atoms with van der Waals surface area (Å²) in [5, 5.41) is 0. The highest BCUT2D eigenvalue weighted by atomic mass is 32.3. The van der Waals surface area contributed by atoms with Crippen molar-refractivity contribution in [1.29, 1.82) is 0 Å². The first-order chi connectivity index (χ1) is 16.7. The highest BCUT2D eigenvalue weighted by Gasteiger charge is 2.34. The molecule has 174 valence electrons. The van der Waals surface area contributed by atoms with Crippen LogP contribution in [0.15, 0.2) is 89.8 Å². The number of halogens is 2. The molecule has 6 nitrogen and oxygen atoms in total. The Balaban J connectivity index is 1.79. The molecule has 0 bridgehead atoms. The average Bonchev–Trinajstić information content (AvgIpc) is 2.85. The van der Waals surface area contributed by atoms with Gasteiger partial charge in [0, 0.05) is 22.4 Å². The minimum Gasteiger partial charge on any atom is -0.396 e. The topological polar surface area (TPSA) is 97.5 Å². The van der Waals surface area contributed by atoms with E-state index in [0.29, 0.717) is 0 Å². The molecule has 0 saturated heterocycles. The summed E-state index contributed by atoms with van der Waals surface area (Å²) in [5.41, 5.74) is 6.66. The Bertz CT molecular complexity index is 1630. The van der Waals surface area contributed by atoms with E-state index in [0.717, 1.165) is 12.1 Å². The summed E-state index contributed by atoms with van der Waals surface area (Å²) in [7, 11) is -4.96. The lowest BCUT2D eigenvalue weighted by Gasteiger charge is -2.30. The number of nitrogen functional groups attached to an aromatic ring is 1. The third-order valence-corrected chi connectivity index (χ3v) is 6.63. The summed E-state index contributed by atoms with van der Waals surface area (Å²) >= 11 is 0. The van der Waals surface area contributed by atoms with Gasteiger partial charge in [0.25, 0.3) is 0 Å². The van der Waals surface area contributed by atoms with Crippen molar-refractivity contribution in [2.75, 3.05) is 10.6 Å². The predicted molar refractivity (Wildman–Crippen MR) is 127 cm³/mol. The van der Waals surface area contributed by atoms with Crippen LogP contribution in [0.1, 0.15) is 31.8 Å². The van der Waals surface area contributed by atoms with Crippen molar-refractivity contribution in [2.45, 2.75) is 4.90 Å². The van der Waals surface area contributed by atoms with Crippen molar-refractivity contribution in [1.82, 2.24) is 0 Å². The van der Waals surface area contributed by atoms with E-state index in [1.165, 1.54) is 41.3 Å². The summed E-state index contributed by atoms with van der Waals surface area (Å²) in [6.45, 7) is 0. The van der Waals surface area contributed by atoms with Gasteiger partial charge >= 0.3 is 10.2 Å². The summed E-state index contributed by atoms with van der Waals surface area (Å²) in [6.07, 6.45) is 0. The monoisotopic (exact) mass is 490 g/mol. The van der Waals surface area contributed by atoms with Gasteiger partial charge in [-0.05, 0) is 42.5 Å². The Kier molecular flexibility index (Phi) is 5.21. The summed E-state index contributed by atoms with van der Waals surface area (Å²) in [5.74, 6) is -1.57. The fourth-order valence-electron chi connectivity index (χ4n) is 4.19. The van der Waals surface area contributed by atoms with Crippen LogP contribution in [0.25, 0.3) is 0 Å². The lowest BCUT2D eigenvalue weighted by molar-refractivity contribution is 0.0979. The SMILES string of the molecule is Nc1cccc(N(c2ccc(S(=O)(=O)F)cc2)c2cccc3c2C(=O)c2ccccc2C3=O)c1F. The van der Waals surface area contributed by atoms with Gasteiger partial charge in [-0.15, -0.1) is 3.89 Å². The Labute approximate surface area is 199 Å². The molecule has 0 aromatic heterocycles. The van der Waals surface area contributed by atoms with Crippen molar-refractivity contribution in [2.24, 2.45) is 0 Å². The fraction of sp³-hybridized carbons (Fsp3) is 0. The van der Waals surface area contributed by atoms with Gasteiger partial charge < -0.3 is 10.6 Å². The molecule has 35 heavy (non-hydrogen) atoms. The van der Waals surface area contributed by atoms with E-state index in [1.807, 2.05) is 0 Å². The van der Waals surface area contributed by atoms with Gasteiger partial charge in [-0.3, -0.25) is 9.59 Å². The first kappa shape index (κ1) is 22.4. The molecular weight excluding hydrogens is 474 g/mol. The van der Waals surface area contributed by atoms with Crippen LogP contribution >= 0.6 is 0 Å². The summed E-state index contributed by atoms with van der Waals surface area (Å²) in [6, 6.07) is 19.9. The van der Waals surface area contributed by atoms with Gasteiger partial charge in [0.2, 0.25) is 0 Å². The van der Waals surface area contributed by atoms with Gasteiger partial charge in [-0.25, -0.2) is 4.39 Å². The molecule has 0 fully saturated rings. The molecule has 1 aliphatic rings. The highest BCUT2D eigenvalue weighted by molar-refractivity contribution is 7.86. The van der Waals surface area contributed by atoms with Crippen LogP contribution in [0.5, 0.6) is 0 Å². The van der Waals surface area contributed by atoms with E-state index in [-0.39, 0.29) is 50.8 Å². The zero-order chi connectivity index (χ0) is 24.9. The quantitative estimate of drug-likeness (QED) is 0.271. The van der Waals surface area contributed by atoms with Crippen LogP contribution < -0.4 is 10.6 Å². The van der Waals surface area contributed by atoms with Gasteiger partial charge in [0.1, 0.15) is 0 Å². The summed E-state index contributed by atoms with van der Waals surface area (Å²) in [4.78, 5) is 27.5. The fourth-order valence-corrected chi connectivity index (χ4v) is 4.65. The minimum absolute atomic E-state index is 0.0478. The second-order valence-corrected chi connectivity index (χ2v) is 9.20. The Hall–Kier alpha value is -4.37. The maximum absolute atomic E-state index is 15.3. The molecule has 0 spiro atoms. The van der Waals surface area contributed by atoms with Crippen LogP contribution in [0.4, 0.5) is 31.0 Å². The van der Waals surface area contributed by atoms with E-state index in [9.17, 15) is 21.9 Å². The number of fused-ring (bicyclic) bond motifs is 2. The number of ketones is 2. The number of benzene rings is 4. The van der Waals surface area contributed by atoms with Gasteiger partial charge in [0.15, 0.2) is 17.4 Å². The van der Waals surface area contributed by atoms with Gasteiger partial charge in [0.05, 0.1) is 27.5 Å². The molecule has 0 aliphatic heterocycles. The number of carbonyl (C=O) groups excluding carboxylic acids is 2. The number of carbonyl (C=O) groups is 2. The molecule has 4 aromatic rings. The number of anilines is 4. The summed E-state index contributed by atoms with van der Waals surface area (Å²) < 4.78 is 51.3. The van der Waals surface area contributed by atoms with Crippen molar-refractivity contribution >= 4 is 44.5 Å². The van der Waals surface area contributed by atoms with E-state index in [1.54, 1.807) is 36.4 Å². The van der Waals surface area contributed by atoms with E-state index in [2.05, 4.69) is 0 Å². The second kappa shape index (κ2) is 8.14. The average molecular weight is 490 g/mol. The standard InChI is InChI=1S/C26H16F2N2O4S/c27-24-20(29)8-4-10-22(24)30(15-11-13-16(14-12-15)35(28,33)34)21-9-3-7-19-23(21)26(32)18-6-2-1-5-17(18)25(19)31/h1-14H,29H2. The Morgan fingerprint density at radius 2 is 1.26 bits per heavy atom. The Morgan fingerprint density at radius 1 is 0.686 bits per heavy atom. The second-order valence-electron chi connectivity index (χ2n) is 7.85. The van der Waals surface area contributed by atoms with Crippen LogP contribution in [-0.4, -0.2) is 20.0 Å². The lowest BCUT2D eigenvalue weighted by Crippen LogP contribution is -2.24. The van der Waals surface area contributed by atoms with Crippen LogP contribution in [0.2, 0.25) is 0 Å². The third-order valence-electron chi connectivity index (χ3n) is 5.80. The predicted octanol–water partition coefficient (Wildman–Crippen LogP) is 5.31. The number of hydrogen-bond donors (Lipinski definition) is 1.